The average Bonchev–Trinajstić information content (AvgIpc) is 2.54. The summed E-state index contributed by atoms with van der Waals surface area (Å²) >= 11 is 5.91. The number of halogens is 1. The molecule has 0 fully saturated rings. The van der Waals surface area contributed by atoms with Gasteiger partial charge in [-0.25, -0.2) is 0 Å². The predicted molar refractivity (Wildman–Crippen MR) is 93.4 cm³/mol. The van der Waals surface area contributed by atoms with Gasteiger partial charge in [-0.15, -0.1) is 0 Å². The molecule has 5 heteroatoms. The summed E-state index contributed by atoms with van der Waals surface area (Å²) in [7, 11) is 3.13. The van der Waals surface area contributed by atoms with Crippen molar-refractivity contribution in [2.45, 2.75) is 6.92 Å². The van der Waals surface area contributed by atoms with Gasteiger partial charge >= 0.3 is 0 Å². The fourth-order valence-electron chi connectivity index (χ4n) is 2.07. The van der Waals surface area contributed by atoms with Crippen molar-refractivity contribution in [2.24, 2.45) is 0 Å². The number of methoxy groups -OCH3 is 2. The Morgan fingerprint density at radius 3 is 2.48 bits per heavy atom. The first-order valence-electron chi connectivity index (χ1n) is 7.00. The Morgan fingerprint density at radius 1 is 1.13 bits per heavy atom. The van der Waals surface area contributed by atoms with E-state index in [1.165, 1.54) is 6.08 Å². The molecule has 0 atom stereocenters. The van der Waals surface area contributed by atoms with E-state index in [0.717, 1.165) is 11.1 Å². The third kappa shape index (κ3) is 4.50. The number of benzene rings is 2. The monoisotopic (exact) mass is 331 g/mol. The molecule has 4 nitrogen and oxygen atoms in total. The van der Waals surface area contributed by atoms with Crippen LogP contribution in [0.15, 0.2) is 42.5 Å². The number of amides is 1. The molecule has 23 heavy (non-hydrogen) atoms. The minimum absolute atomic E-state index is 0.236. The molecule has 0 aromatic heterocycles. The number of carbonyl (C=O) groups is 1. The van der Waals surface area contributed by atoms with Crippen molar-refractivity contribution in [2.75, 3.05) is 19.5 Å². The molecule has 2 aromatic carbocycles. The van der Waals surface area contributed by atoms with Crippen molar-refractivity contribution in [3.8, 4) is 11.5 Å². The summed E-state index contributed by atoms with van der Waals surface area (Å²) < 4.78 is 10.5. The Morgan fingerprint density at radius 2 is 1.83 bits per heavy atom. The smallest absolute Gasteiger partial charge is 0.248 e. The molecule has 0 bridgehead atoms. The maximum absolute atomic E-state index is 12.1. The number of aryl methyl sites for hydroxylation is 1. The van der Waals surface area contributed by atoms with Crippen LogP contribution < -0.4 is 14.8 Å². The second-order valence-corrected chi connectivity index (χ2v) is 5.34. The predicted octanol–water partition coefficient (Wildman–Crippen LogP) is 4.32. The van der Waals surface area contributed by atoms with Gasteiger partial charge in [0.15, 0.2) is 11.5 Å². The summed E-state index contributed by atoms with van der Waals surface area (Å²) in [5, 5.41) is 3.45. The summed E-state index contributed by atoms with van der Waals surface area (Å²) in [4.78, 5) is 12.1. The van der Waals surface area contributed by atoms with E-state index >= 15 is 0 Å². The van der Waals surface area contributed by atoms with Crippen LogP contribution in [0.5, 0.6) is 11.5 Å². The lowest BCUT2D eigenvalue weighted by molar-refractivity contribution is -0.111. The first-order valence-corrected chi connectivity index (χ1v) is 7.38. The lowest BCUT2D eigenvalue weighted by Crippen LogP contribution is -2.09. The van der Waals surface area contributed by atoms with E-state index in [4.69, 9.17) is 21.1 Å². The highest BCUT2D eigenvalue weighted by molar-refractivity contribution is 6.30. The van der Waals surface area contributed by atoms with Crippen molar-refractivity contribution in [3.63, 3.8) is 0 Å². The SMILES string of the molecule is COc1cc(C)c(NC(=O)/C=C/c2cccc(Cl)c2)cc1OC. The summed E-state index contributed by atoms with van der Waals surface area (Å²) in [5.41, 5.74) is 2.41. The van der Waals surface area contributed by atoms with Crippen LogP contribution in [0, 0.1) is 6.92 Å². The maximum Gasteiger partial charge on any atom is 0.248 e. The molecule has 0 spiro atoms. The minimum atomic E-state index is -0.236. The Bertz CT molecular complexity index is 741. The molecule has 0 aliphatic rings. The van der Waals surface area contributed by atoms with Crippen molar-refractivity contribution in [3.05, 3.63) is 58.6 Å². The van der Waals surface area contributed by atoms with Gasteiger partial charge in [0.25, 0.3) is 0 Å². The van der Waals surface area contributed by atoms with Gasteiger partial charge in [0.1, 0.15) is 0 Å². The van der Waals surface area contributed by atoms with Crippen LogP contribution in [-0.2, 0) is 4.79 Å². The van der Waals surface area contributed by atoms with Gasteiger partial charge in [-0.3, -0.25) is 4.79 Å². The second-order valence-electron chi connectivity index (χ2n) is 4.90. The Hall–Kier alpha value is -2.46. The van der Waals surface area contributed by atoms with Gasteiger partial charge in [-0.1, -0.05) is 23.7 Å². The van der Waals surface area contributed by atoms with Crippen molar-refractivity contribution in [1.82, 2.24) is 0 Å². The summed E-state index contributed by atoms with van der Waals surface area (Å²) in [6.45, 7) is 1.89. The molecule has 2 aromatic rings. The summed E-state index contributed by atoms with van der Waals surface area (Å²) in [6, 6.07) is 10.8. The molecular weight excluding hydrogens is 314 g/mol. The van der Waals surface area contributed by atoms with E-state index in [1.54, 1.807) is 38.5 Å². The fraction of sp³-hybridized carbons (Fsp3) is 0.167. The molecule has 0 aliphatic carbocycles. The Balaban J connectivity index is 2.14. The number of ether oxygens (including phenoxy) is 2. The van der Waals surface area contributed by atoms with Crippen LogP contribution in [0.1, 0.15) is 11.1 Å². The highest BCUT2D eigenvalue weighted by Crippen LogP contribution is 2.32. The van der Waals surface area contributed by atoms with Crippen molar-refractivity contribution >= 4 is 29.3 Å². The zero-order chi connectivity index (χ0) is 16.8. The van der Waals surface area contributed by atoms with Crippen LogP contribution in [-0.4, -0.2) is 20.1 Å². The lowest BCUT2D eigenvalue weighted by atomic mass is 10.1. The van der Waals surface area contributed by atoms with E-state index in [2.05, 4.69) is 5.32 Å². The molecule has 0 heterocycles. The van der Waals surface area contributed by atoms with E-state index in [0.29, 0.717) is 22.2 Å². The highest BCUT2D eigenvalue weighted by Gasteiger charge is 2.09. The van der Waals surface area contributed by atoms with Crippen molar-refractivity contribution < 1.29 is 14.3 Å². The topological polar surface area (TPSA) is 47.6 Å². The van der Waals surface area contributed by atoms with Gasteiger partial charge in [-0.05, 0) is 42.3 Å². The maximum atomic E-state index is 12.1. The van der Waals surface area contributed by atoms with Gasteiger partial charge in [0.05, 0.1) is 14.2 Å². The van der Waals surface area contributed by atoms with Crippen LogP contribution in [0.2, 0.25) is 5.02 Å². The molecule has 1 amide bonds. The molecule has 2 rings (SSSR count). The van der Waals surface area contributed by atoms with Gasteiger partial charge in [0, 0.05) is 22.9 Å². The molecule has 0 saturated carbocycles. The number of nitrogens with one attached hydrogen (secondary N) is 1. The van der Waals surface area contributed by atoms with Crippen LogP contribution in [0.3, 0.4) is 0 Å². The number of carbonyl (C=O) groups excluding carboxylic acids is 1. The molecule has 120 valence electrons. The summed E-state index contributed by atoms with van der Waals surface area (Å²) in [6.07, 6.45) is 3.17. The number of rotatable bonds is 5. The Labute approximate surface area is 140 Å². The van der Waals surface area contributed by atoms with Gasteiger partial charge in [-0.2, -0.15) is 0 Å². The molecule has 0 aliphatic heterocycles. The second kappa shape index (κ2) is 7.70. The minimum Gasteiger partial charge on any atom is -0.493 e. The van der Waals surface area contributed by atoms with E-state index in [9.17, 15) is 4.79 Å². The number of anilines is 1. The molecular formula is C18H18ClNO3. The van der Waals surface area contributed by atoms with Crippen LogP contribution in [0.4, 0.5) is 5.69 Å². The van der Waals surface area contributed by atoms with Crippen LogP contribution in [0.25, 0.3) is 6.08 Å². The highest BCUT2D eigenvalue weighted by atomic mass is 35.5. The largest absolute Gasteiger partial charge is 0.493 e. The molecule has 1 N–H and O–H groups in total. The molecule has 0 radical (unpaired) electrons. The quantitative estimate of drug-likeness (QED) is 0.830. The standard InChI is InChI=1S/C18H18ClNO3/c1-12-9-16(22-2)17(23-3)11-15(12)20-18(21)8-7-13-5-4-6-14(19)10-13/h4-11H,1-3H3,(H,20,21)/b8-7+. The first kappa shape index (κ1) is 16.9. The average molecular weight is 332 g/mol. The van der Waals surface area contributed by atoms with E-state index < -0.39 is 0 Å². The van der Waals surface area contributed by atoms with Gasteiger partial charge < -0.3 is 14.8 Å². The third-order valence-corrected chi connectivity index (χ3v) is 3.50. The van der Waals surface area contributed by atoms with Crippen molar-refractivity contribution in [1.29, 1.82) is 0 Å². The molecule has 0 unspecified atom stereocenters. The number of hydrogen-bond donors (Lipinski definition) is 1. The van der Waals surface area contributed by atoms with E-state index in [-0.39, 0.29) is 5.91 Å². The van der Waals surface area contributed by atoms with Gasteiger partial charge in [0.2, 0.25) is 5.91 Å². The normalized spacial score (nSPS) is 10.6. The fourth-order valence-corrected chi connectivity index (χ4v) is 2.27. The summed E-state index contributed by atoms with van der Waals surface area (Å²) in [5.74, 6) is 0.949. The van der Waals surface area contributed by atoms with E-state index in [1.807, 2.05) is 25.1 Å². The Kier molecular flexibility index (Phi) is 5.66. The zero-order valence-electron chi connectivity index (χ0n) is 13.2. The first-order chi connectivity index (χ1) is 11.0. The molecule has 0 saturated heterocycles. The van der Waals surface area contributed by atoms with Crippen LogP contribution >= 0.6 is 11.6 Å². The zero-order valence-corrected chi connectivity index (χ0v) is 14.0. The number of hydrogen-bond acceptors (Lipinski definition) is 3. The third-order valence-electron chi connectivity index (χ3n) is 3.26. The lowest BCUT2D eigenvalue weighted by Gasteiger charge is -2.12.